The van der Waals surface area contributed by atoms with Gasteiger partial charge in [0.2, 0.25) is 10.0 Å². The maximum atomic E-state index is 10.7. The SMILES string of the molecule is CS(=O)(=O)NCCNCCCCC(N)=NO. The van der Waals surface area contributed by atoms with Crippen LogP contribution in [0, 0.1) is 0 Å². The molecular formula is C8H20N4O3S. The molecule has 0 saturated carbocycles. The van der Waals surface area contributed by atoms with E-state index in [0.717, 1.165) is 25.6 Å². The van der Waals surface area contributed by atoms with Crippen molar-refractivity contribution in [1.29, 1.82) is 0 Å². The first-order valence-corrected chi connectivity index (χ1v) is 6.96. The van der Waals surface area contributed by atoms with E-state index < -0.39 is 10.0 Å². The minimum absolute atomic E-state index is 0.235. The molecule has 0 spiro atoms. The van der Waals surface area contributed by atoms with E-state index in [0.29, 0.717) is 19.5 Å². The second-order valence-corrected chi connectivity index (χ2v) is 5.30. The van der Waals surface area contributed by atoms with Crippen LogP contribution in [0.5, 0.6) is 0 Å². The molecule has 0 radical (unpaired) electrons. The van der Waals surface area contributed by atoms with Gasteiger partial charge in [0, 0.05) is 19.5 Å². The Morgan fingerprint density at radius 3 is 2.56 bits per heavy atom. The zero-order valence-electron chi connectivity index (χ0n) is 9.44. The largest absolute Gasteiger partial charge is 0.409 e. The maximum absolute atomic E-state index is 10.7. The lowest BCUT2D eigenvalue weighted by atomic mass is 10.2. The van der Waals surface area contributed by atoms with Gasteiger partial charge in [0.05, 0.1) is 6.26 Å². The molecule has 0 amide bonds. The zero-order chi connectivity index (χ0) is 12.4. The summed E-state index contributed by atoms with van der Waals surface area (Å²) in [5.41, 5.74) is 5.29. The van der Waals surface area contributed by atoms with E-state index in [-0.39, 0.29) is 5.84 Å². The summed E-state index contributed by atoms with van der Waals surface area (Å²) in [4.78, 5) is 0. The Kier molecular flexibility index (Phi) is 7.86. The molecule has 0 aliphatic heterocycles. The molecule has 7 nitrogen and oxygen atoms in total. The number of unbranched alkanes of at least 4 members (excludes halogenated alkanes) is 1. The van der Waals surface area contributed by atoms with Crippen molar-refractivity contribution >= 4 is 15.9 Å². The number of oxime groups is 1. The highest BCUT2D eigenvalue weighted by molar-refractivity contribution is 7.88. The van der Waals surface area contributed by atoms with Crippen LogP contribution in [0.2, 0.25) is 0 Å². The number of amidine groups is 1. The van der Waals surface area contributed by atoms with Crippen LogP contribution >= 0.6 is 0 Å². The van der Waals surface area contributed by atoms with E-state index in [9.17, 15) is 8.42 Å². The van der Waals surface area contributed by atoms with Crippen molar-refractivity contribution in [1.82, 2.24) is 10.0 Å². The van der Waals surface area contributed by atoms with E-state index in [1.54, 1.807) is 0 Å². The third-order valence-corrected chi connectivity index (χ3v) is 2.56. The molecule has 5 N–H and O–H groups in total. The Hall–Kier alpha value is -0.860. The summed E-state index contributed by atoms with van der Waals surface area (Å²) in [6.45, 7) is 1.76. The fourth-order valence-corrected chi connectivity index (χ4v) is 1.53. The molecule has 8 heteroatoms. The summed E-state index contributed by atoms with van der Waals surface area (Å²) in [5, 5.41) is 14.2. The van der Waals surface area contributed by atoms with Crippen LogP contribution in [0.1, 0.15) is 19.3 Å². The summed E-state index contributed by atoms with van der Waals surface area (Å²) in [5.74, 6) is 0.235. The van der Waals surface area contributed by atoms with Crippen molar-refractivity contribution in [2.75, 3.05) is 25.9 Å². The van der Waals surface area contributed by atoms with Gasteiger partial charge in [-0.2, -0.15) is 0 Å². The quantitative estimate of drug-likeness (QED) is 0.139. The minimum atomic E-state index is -3.09. The molecule has 0 heterocycles. The van der Waals surface area contributed by atoms with Crippen LogP contribution in [0.25, 0.3) is 0 Å². The maximum Gasteiger partial charge on any atom is 0.208 e. The van der Waals surface area contributed by atoms with Gasteiger partial charge in [0.15, 0.2) is 0 Å². The lowest BCUT2D eigenvalue weighted by molar-refractivity contribution is 0.316. The molecule has 0 atom stereocenters. The Bertz CT molecular complexity index is 302. The molecule has 0 aliphatic rings. The summed E-state index contributed by atoms with van der Waals surface area (Å²) >= 11 is 0. The van der Waals surface area contributed by atoms with Crippen LogP contribution in [0.15, 0.2) is 5.16 Å². The van der Waals surface area contributed by atoms with Gasteiger partial charge in [-0.1, -0.05) is 5.16 Å². The fourth-order valence-electron chi connectivity index (χ4n) is 1.06. The molecular weight excluding hydrogens is 232 g/mol. The predicted molar refractivity (Wildman–Crippen MR) is 63.0 cm³/mol. The van der Waals surface area contributed by atoms with Crippen LogP contribution in [0.3, 0.4) is 0 Å². The summed E-state index contributed by atoms with van der Waals surface area (Å²) < 4.78 is 23.7. The van der Waals surface area contributed by atoms with Crippen molar-refractivity contribution in [2.24, 2.45) is 10.9 Å². The van der Waals surface area contributed by atoms with E-state index in [2.05, 4.69) is 15.2 Å². The van der Waals surface area contributed by atoms with Crippen LogP contribution in [0.4, 0.5) is 0 Å². The van der Waals surface area contributed by atoms with Crippen LogP contribution < -0.4 is 15.8 Å². The Morgan fingerprint density at radius 2 is 2.00 bits per heavy atom. The topological polar surface area (TPSA) is 117 Å². The number of hydrogen-bond acceptors (Lipinski definition) is 5. The average molecular weight is 252 g/mol. The van der Waals surface area contributed by atoms with E-state index >= 15 is 0 Å². The normalized spacial score (nSPS) is 12.9. The molecule has 0 aromatic heterocycles. The van der Waals surface area contributed by atoms with Gasteiger partial charge < -0.3 is 16.3 Å². The molecule has 16 heavy (non-hydrogen) atoms. The lowest BCUT2D eigenvalue weighted by Gasteiger charge is -2.04. The van der Waals surface area contributed by atoms with Gasteiger partial charge in [-0.25, -0.2) is 13.1 Å². The van der Waals surface area contributed by atoms with Crippen molar-refractivity contribution in [3.63, 3.8) is 0 Å². The fraction of sp³-hybridized carbons (Fsp3) is 0.875. The second-order valence-electron chi connectivity index (χ2n) is 3.46. The van der Waals surface area contributed by atoms with E-state index in [4.69, 9.17) is 10.9 Å². The molecule has 0 unspecified atom stereocenters. The highest BCUT2D eigenvalue weighted by Crippen LogP contribution is 1.93. The highest BCUT2D eigenvalue weighted by Gasteiger charge is 1.98. The average Bonchev–Trinajstić information content (AvgIpc) is 2.20. The van der Waals surface area contributed by atoms with Gasteiger partial charge in [-0.3, -0.25) is 0 Å². The molecule has 0 aromatic rings. The standard InChI is InChI=1S/C8H20N4O3S/c1-16(14,15)11-7-6-10-5-3-2-4-8(9)12-13/h10-11,13H,2-7H2,1H3,(H2,9,12). The van der Waals surface area contributed by atoms with Gasteiger partial charge in [0.25, 0.3) is 0 Å². The van der Waals surface area contributed by atoms with Crippen LogP contribution in [-0.2, 0) is 10.0 Å². The van der Waals surface area contributed by atoms with Gasteiger partial charge >= 0.3 is 0 Å². The summed E-state index contributed by atoms with van der Waals surface area (Å²) in [6.07, 6.45) is 3.43. The highest BCUT2D eigenvalue weighted by atomic mass is 32.2. The summed E-state index contributed by atoms with van der Waals surface area (Å²) in [6, 6.07) is 0. The molecule has 0 rings (SSSR count). The Balaban J connectivity index is 3.23. The van der Waals surface area contributed by atoms with Crippen LogP contribution in [-0.4, -0.2) is 45.4 Å². The van der Waals surface area contributed by atoms with Gasteiger partial charge in [-0.15, -0.1) is 0 Å². The molecule has 0 saturated heterocycles. The molecule has 0 aromatic carbocycles. The van der Waals surface area contributed by atoms with Gasteiger partial charge in [0.1, 0.15) is 5.84 Å². The number of rotatable bonds is 9. The third kappa shape index (κ3) is 11.2. The Labute approximate surface area is 96.1 Å². The molecule has 0 bridgehead atoms. The zero-order valence-corrected chi connectivity index (χ0v) is 10.3. The number of nitrogens with one attached hydrogen (secondary N) is 2. The van der Waals surface area contributed by atoms with E-state index in [1.165, 1.54) is 0 Å². The molecule has 0 fully saturated rings. The Morgan fingerprint density at radius 1 is 1.31 bits per heavy atom. The number of nitrogens with zero attached hydrogens (tertiary/aromatic N) is 1. The first kappa shape index (κ1) is 15.1. The smallest absolute Gasteiger partial charge is 0.208 e. The number of nitrogens with two attached hydrogens (primary N) is 1. The first-order valence-electron chi connectivity index (χ1n) is 5.07. The first-order chi connectivity index (χ1) is 7.45. The second kappa shape index (κ2) is 8.31. The molecule has 96 valence electrons. The third-order valence-electron chi connectivity index (χ3n) is 1.83. The van der Waals surface area contributed by atoms with Crippen molar-refractivity contribution < 1.29 is 13.6 Å². The summed E-state index contributed by atoms with van der Waals surface area (Å²) in [7, 11) is -3.09. The van der Waals surface area contributed by atoms with Crippen molar-refractivity contribution in [3.8, 4) is 0 Å². The van der Waals surface area contributed by atoms with Crippen molar-refractivity contribution in [2.45, 2.75) is 19.3 Å². The minimum Gasteiger partial charge on any atom is -0.409 e. The van der Waals surface area contributed by atoms with E-state index in [1.807, 2.05) is 0 Å². The monoisotopic (exact) mass is 252 g/mol. The van der Waals surface area contributed by atoms with Gasteiger partial charge in [-0.05, 0) is 19.4 Å². The van der Waals surface area contributed by atoms with Crippen molar-refractivity contribution in [3.05, 3.63) is 0 Å². The lowest BCUT2D eigenvalue weighted by Crippen LogP contribution is -2.31. The number of hydrogen-bond donors (Lipinski definition) is 4. The molecule has 0 aliphatic carbocycles. The predicted octanol–water partition coefficient (Wildman–Crippen LogP) is -0.958. The number of sulfonamides is 1.